The minimum absolute atomic E-state index is 0.937. The molecule has 1 heteroatoms. The summed E-state index contributed by atoms with van der Waals surface area (Å²) < 4.78 is 6.43. The molecule has 1 nitrogen and oxygen atoms in total. The van der Waals surface area contributed by atoms with Gasteiger partial charge in [0.2, 0.25) is 0 Å². The van der Waals surface area contributed by atoms with Gasteiger partial charge in [0.1, 0.15) is 11.2 Å². The standard InChI is InChI=1S/C27H16O/c1-2-6-17-12-23-20(11-16(17)5-1)14-25-21(23)9-10-22-24-13-18-7-3-4-8-19(18)15-26(24)28-27(22)25/h1-13,15H,14H2. The van der Waals surface area contributed by atoms with Gasteiger partial charge in [-0.3, -0.25) is 0 Å². The summed E-state index contributed by atoms with van der Waals surface area (Å²) in [4.78, 5) is 0. The summed E-state index contributed by atoms with van der Waals surface area (Å²) in [6.45, 7) is 0. The van der Waals surface area contributed by atoms with Gasteiger partial charge in [0.15, 0.2) is 0 Å². The van der Waals surface area contributed by atoms with Crippen LogP contribution >= 0.6 is 0 Å². The summed E-state index contributed by atoms with van der Waals surface area (Å²) in [6, 6.07) is 30.7. The average Bonchev–Trinajstić information content (AvgIpc) is 3.27. The number of furan rings is 1. The molecule has 0 saturated heterocycles. The van der Waals surface area contributed by atoms with Gasteiger partial charge >= 0.3 is 0 Å². The molecular weight excluding hydrogens is 340 g/mol. The lowest BCUT2D eigenvalue weighted by Crippen LogP contribution is -1.81. The van der Waals surface area contributed by atoms with E-state index < -0.39 is 0 Å². The van der Waals surface area contributed by atoms with E-state index in [-0.39, 0.29) is 0 Å². The summed E-state index contributed by atoms with van der Waals surface area (Å²) in [5.74, 6) is 0. The van der Waals surface area contributed by atoms with Crippen LogP contribution in [-0.4, -0.2) is 0 Å². The molecule has 1 aromatic heterocycles. The Morgan fingerprint density at radius 1 is 0.571 bits per heavy atom. The minimum Gasteiger partial charge on any atom is -0.456 e. The maximum Gasteiger partial charge on any atom is 0.139 e. The van der Waals surface area contributed by atoms with Gasteiger partial charge in [-0.1, -0.05) is 60.7 Å². The van der Waals surface area contributed by atoms with Gasteiger partial charge in [-0.2, -0.15) is 0 Å². The fraction of sp³-hybridized carbons (Fsp3) is 0.0370. The fourth-order valence-corrected chi connectivity index (χ4v) is 4.88. The molecule has 28 heavy (non-hydrogen) atoms. The highest BCUT2D eigenvalue weighted by molar-refractivity contribution is 6.12. The number of fused-ring (bicyclic) bond motifs is 9. The van der Waals surface area contributed by atoms with Crippen LogP contribution in [0.1, 0.15) is 11.1 Å². The highest BCUT2D eigenvalue weighted by atomic mass is 16.3. The van der Waals surface area contributed by atoms with E-state index in [4.69, 9.17) is 4.42 Å². The Labute approximate surface area is 161 Å². The van der Waals surface area contributed by atoms with E-state index in [1.807, 2.05) is 0 Å². The van der Waals surface area contributed by atoms with Crippen molar-refractivity contribution in [1.29, 1.82) is 0 Å². The highest BCUT2D eigenvalue weighted by Gasteiger charge is 2.24. The first-order valence-corrected chi connectivity index (χ1v) is 9.74. The van der Waals surface area contributed by atoms with E-state index in [1.54, 1.807) is 0 Å². The summed E-state index contributed by atoms with van der Waals surface area (Å²) in [6.07, 6.45) is 0.937. The molecule has 1 aliphatic carbocycles. The summed E-state index contributed by atoms with van der Waals surface area (Å²) >= 11 is 0. The van der Waals surface area contributed by atoms with Crippen molar-refractivity contribution in [3.8, 4) is 11.1 Å². The molecular formula is C27H16O. The maximum atomic E-state index is 6.43. The first-order chi connectivity index (χ1) is 13.8. The molecule has 0 fully saturated rings. The average molecular weight is 356 g/mol. The first kappa shape index (κ1) is 14.5. The molecule has 6 aromatic rings. The molecule has 0 unspecified atom stereocenters. The topological polar surface area (TPSA) is 13.1 Å². The third kappa shape index (κ3) is 1.81. The molecule has 0 saturated carbocycles. The number of hydrogen-bond donors (Lipinski definition) is 0. The van der Waals surface area contributed by atoms with E-state index in [1.165, 1.54) is 54.6 Å². The van der Waals surface area contributed by atoms with Gasteiger partial charge in [-0.05, 0) is 62.5 Å². The van der Waals surface area contributed by atoms with Crippen molar-refractivity contribution in [3.05, 3.63) is 96.1 Å². The van der Waals surface area contributed by atoms with Gasteiger partial charge in [0.25, 0.3) is 0 Å². The molecule has 1 heterocycles. The monoisotopic (exact) mass is 356 g/mol. The van der Waals surface area contributed by atoms with Crippen LogP contribution in [0.4, 0.5) is 0 Å². The molecule has 0 spiro atoms. The quantitative estimate of drug-likeness (QED) is 0.275. The van der Waals surface area contributed by atoms with Gasteiger partial charge in [0, 0.05) is 22.8 Å². The second-order valence-electron chi connectivity index (χ2n) is 7.80. The second-order valence-corrected chi connectivity index (χ2v) is 7.80. The Hall–Kier alpha value is -3.58. The molecule has 0 aliphatic heterocycles. The smallest absolute Gasteiger partial charge is 0.139 e. The van der Waals surface area contributed by atoms with Crippen molar-refractivity contribution in [2.24, 2.45) is 0 Å². The van der Waals surface area contributed by atoms with Crippen molar-refractivity contribution >= 4 is 43.5 Å². The van der Waals surface area contributed by atoms with Crippen molar-refractivity contribution in [2.75, 3.05) is 0 Å². The van der Waals surface area contributed by atoms with Gasteiger partial charge in [-0.25, -0.2) is 0 Å². The Morgan fingerprint density at radius 2 is 1.25 bits per heavy atom. The molecule has 5 aromatic carbocycles. The zero-order chi connectivity index (χ0) is 18.2. The van der Waals surface area contributed by atoms with Crippen LogP contribution < -0.4 is 0 Å². The largest absolute Gasteiger partial charge is 0.456 e. The van der Waals surface area contributed by atoms with Crippen LogP contribution in [0.3, 0.4) is 0 Å². The fourth-order valence-electron chi connectivity index (χ4n) is 4.88. The van der Waals surface area contributed by atoms with Gasteiger partial charge < -0.3 is 4.42 Å². The van der Waals surface area contributed by atoms with Crippen LogP contribution in [0.15, 0.2) is 89.3 Å². The SMILES string of the molecule is c1ccc2cc3c(cc2c1)Cc1c-3ccc2c1oc1cc3ccccc3cc12. The highest BCUT2D eigenvalue weighted by Crippen LogP contribution is 2.44. The zero-order valence-corrected chi connectivity index (χ0v) is 15.2. The van der Waals surface area contributed by atoms with E-state index in [0.717, 1.165) is 17.6 Å². The first-order valence-electron chi connectivity index (χ1n) is 9.74. The molecule has 130 valence electrons. The number of hydrogen-bond acceptors (Lipinski definition) is 1. The molecule has 7 rings (SSSR count). The normalized spacial score (nSPS) is 12.9. The molecule has 0 amide bonds. The minimum atomic E-state index is 0.937. The number of rotatable bonds is 0. The second kappa shape index (κ2) is 5.02. The molecule has 0 radical (unpaired) electrons. The van der Waals surface area contributed by atoms with E-state index >= 15 is 0 Å². The van der Waals surface area contributed by atoms with Crippen molar-refractivity contribution in [3.63, 3.8) is 0 Å². The lowest BCUT2D eigenvalue weighted by atomic mass is 10.00. The van der Waals surface area contributed by atoms with E-state index in [9.17, 15) is 0 Å². The molecule has 0 bridgehead atoms. The molecule has 0 N–H and O–H groups in total. The lowest BCUT2D eigenvalue weighted by molar-refractivity contribution is 0.665. The summed E-state index contributed by atoms with van der Waals surface area (Å²) in [5, 5.41) is 7.51. The Balaban J connectivity index is 1.55. The molecule has 0 atom stereocenters. The van der Waals surface area contributed by atoms with Crippen LogP contribution in [0.2, 0.25) is 0 Å². The lowest BCUT2D eigenvalue weighted by Gasteiger charge is -2.04. The van der Waals surface area contributed by atoms with Gasteiger partial charge in [0.05, 0.1) is 0 Å². The Kier molecular flexibility index (Phi) is 2.60. The van der Waals surface area contributed by atoms with Gasteiger partial charge in [-0.15, -0.1) is 0 Å². The predicted molar refractivity (Wildman–Crippen MR) is 117 cm³/mol. The van der Waals surface area contributed by atoms with Crippen LogP contribution in [0, 0.1) is 0 Å². The maximum absolute atomic E-state index is 6.43. The van der Waals surface area contributed by atoms with Crippen LogP contribution in [0.25, 0.3) is 54.6 Å². The van der Waals surface area contributed by atoms with Crippen molar-refractivity contribution in [2.45, 2.75) is 6.42 Å². The van der Waals surface area contributed by atoms with E-state index in [0.29, 0.717) is 0 Å². The summed E-state index contributed by atoms with van der Waals surface area (Å²) in [7, 11) is 0. The predicted octanol–water partition coefficient (Wildman–Crippen LogP) is 7.46. The van der Waals surface area contributed by atoms with E-state index in [2.05, 4.69) is 84.9 Å². The third-order valence-electron chi connectivity index (χ3n) is 6.24. The Bertz CT molecular complexity index is 1580. The summed E-state index contributed by atoms with van der Waals surface area (Å²) in [5.41, 5.74) is 7.40. The van der Waals surface area contributed by atoms with Crippen LogP contribution in [0.5, 0.6) is 0 Å². The zero-order valence-electron chi connectivity index (χ0n) is 15.2. The number of benzene rings is 5. The van der Waals surface area contributed by atoms with Crippen molar-refractivity contribution < 1.29 is 4.42 Å². The molecule has 1 aliphatic rings. The van der Waals surface area contributed by atoms with Crippen molar-refractivity contribution in [1.82, 2.24) is 0 Å². The van der Waals surface area contributed by atoms with Crippen LogP contribution in [-0.2, 0) is 6.42 Å². The Morgan fingerprint density at radius 3 is 2.04 bits per heavy atom. The third-order valence-corrected chi connectivity index (χ3v) is 6.24.